The molecule has 3 aromatic rings. The van der Waals surface area contributed by atoms with Gasteiger partial charge in [0.25, 0.3) is 11.5 Å². The van der Waals surface area contributed by atoms with Crippen molar-refractivity contribution in [3.8, 4) is 0 Å². The topological polar surface area (TPSA) is 79.2 Å². The molecule has 1 aliphatic carbocycles. The number of hydrogen-bond acceptors (Lipinski definition) is 5. The summed E-state index contributed by atoms with van der Waals surface area (Å²) >= 11 is 1.67. The van der Waals surface area contributed by atoms with E-state index in [4.69, 9.17) is 9.40 Å². The van der Waals surface area contributed by atoms with Crippen molar-refractivity contribution in [2.45, 2.75) is 44.4 Å². The number of likely N-dealkylation sites (tertiary alicyclic amines) is 1. The Kier molecular flexibility index (Phi) is 4.11. The fourth-order valence-electron chi connectivity index (χ4n) is 4.31. The summed E-state index contributed by atoms with van der Waals surface area (Å²) in [7, 11) is 0. The second kappa shape index (κ2) is 6.64. The standard InChI is InChI=1S/C20H21N3O3S/c24-18-16-13-6-1-2-8-15(13)27-19(16)22-17(21-18)12-5-3-9-23(11-12)20(25)14-7-4-10-26-14/h4,7,10,12H,1-3,5-6,8-9,11H2,(H,21,22,24)/t12-/m1/s1. The lowest BCUT2D eigenvalue weighted by atomic mass is 9.96. The Morgan fingerprint density at radius 3 is 3.04 bits per heavy atom. The van der Waals surface area contributed by atoms with Crippen LogP contribution in [0.3, 0.4) is 0 Å². The summed E-state index contributed by atoms with van der Waals surface area (Å²) in [5.41, 5.74) is 1.18. The Labute approximate surface area is 160 Å². The van der Waals surface area contributed by atoms with Gasteiger partial charge in [0.05, 0.1) is 11.6 Å². The van der Waals surface area contributed by atoms with Crippen molar-refractivity contribution < 1.29 is 9.21 Å². The molecule has 0 spiro atoms. The number of fused-ring (bicyclic) bond motifs is 3. The molecule has 1 amide bonds. The van der Waals surface area contributed by atoms with Crippen molar-refractivity contribution in [3.05, 3.63) is 50.8 Å². The molecule has 0 bridgehead atoms. The van der Waals surface area contributed by atoms with Gasteiger partial charge in [0.1, 0.15) is 10.7 Å². The second-order valence-electron chi connectivity index (χ2n) is 7.41. The number of hydrogen-bond donors (Lipinski definition) is 1. The normalized spacial score (nSPS) is 20.0. The van der Waals surface area contributed by atoms with Crippen LogP contribution in [-0.2, 0) is 12.8 Å². The van der Waals surface area contributed by atoms with Crippen molar-refractivity contribution >= 4 is 27.5 Å². The van der Waals surface area contributed by atoms with E-state index in [1.54, 1.807) is 28.4 Å². The number of aromatic amines is 1. The van der Waals surface area contributed by atoms with E-state index in [2.05, 4.69) is 4.98 Å². The monoisotopic (exact) mass is 383 g/mol. The first-order valence-corrected chi connectivity index (χ1v) is 10.4. The zero-order valence-electron chi connectivity index (χ0n) is 15.0. The molecule has 6 nitrogen and oxygen atoms in total. The molecule has 3 aromatic heterocycles. The molecular weight excluding hydrogens is 362 g/mol. The summed E-state index contributed by atoms with van der Waals surface area (Å²) < 4.78 is 5.25. The molecule has 1 N–H and O–H groups in total. The highest BCUT2D eigenvalue weighted by molar-refractivity contribution is 7.18. The number of nitrogens with zero attached hydrogens (tertiary/aromatic N) is 2. The number of aryl methyl sites for hydroxylation is 2. The molecule has 0 radical (unpaired) electrons. The number of furan rings is 1. The first kappa shape index (κ1) is 16.7. The molecule has 1 saturated heterocycles. The zero-order chi connectivity index (χ0) is 18.4. The number of nitrogens with one attached hydrogen (secondary N) is 1. The highest BCUT2D eigenvalue weighted by Crippen LogP contribution is 2.34. The molecule has 2 aliphatic rings. The molecular formula is C20H21N3O3S. The van der Waals surface area contributed by atoms with Crippen LogP contribution < -0.4 is 5.56 Å². The number of carbonyl (C=O) groups is 1. The zero-order valence-corrected chi connectivity index (χ0v) is 15.8. The minimum absolute atomic E-state index is 0.0242. The van der Waals surface area contributed by atoms with E-state index >= 15 is 0 Å². The van der Waals surface area contributed by atoms with E-state index in [0.29, 0.717) is 24.7 Å². The third-order valence-corrected chi connectivity index (χ3v) is 6.86. The molecule has 27 heavy (non-hydrogen) atoms. The van der Waals surface area contributed by atoms with Gasteiger partial charge in [0.15, 0.2) is 5.76 Å². The fraction of sp³-hybridized carbons (Fsp3) is 0.450. The lowest BCUT2D eigenvalue weighted by Gasteiger charge is -2.31. The van der Waals surface area contributed by atoms with E-state index in [0.717, 1.165) is 42.3 Å². The number of rotatable bonds is 2. The number of aromatic nitrogens is 2. The largest absolute Gasteiger partial charge is 0.459 e. The summed E-state index contributed by atoms with van der Waals surface area (Å²) in [5.74, 6) is 1.02. The van der Waals surface area contributed by atoms with Crippen LogP contribution in [0.2, 0.25) is 0 Å². The van der Waals surface area contributed by atoms with Crippen LogP contribution in [0.4, 0.5) is 0 Å². The van der Waals surface area contributed by atoms with Crippen molar-refractivity contribution in [1.29, 1.82) is 0 Å². The Bertz CT molecular complexity index is 1050. The van der Waals surface area contributed by atoms with Gasteiger partial charge in [0.2, 0.25) is 0 Å². The predicted octanol–water partition coefficient (Wildman–Crippen LogP) is 3.48. The van der Waals surface area contributed by atoms with Crippen LogP contribution in [-0.4, -0.2) is 33.9 Å². The molecule has 0 unspecified atom stereocenters. The first-order valence-electron chi connectivity index (χ1n) is 9.58. The average molecular weight is 383 g/mol. The molecule has 4 heterocycles. The lowest BCUT2D eigenvalue weighted by Crippen LogP contribution is -2.39. The third-order valence-electron chi connectivity index (χ3n) is 5.67. The molecule has 5 rings (SSSR count). The van der Waals surface area contributed by atoms with E-state index in [9.17, 15) is 9.59 Å². The van der Waals surface area contributed by atoms with Gasteiger partial charge in [-0.1, -0.05) is 0 Å². The van der Waals surface area contributed by atoms with Gasteiger partial charge >= 0.3 is 0 Å². The lowest BCUT2D eigenvalue weighted by molar-refractivity contribution is 0.0672. The van der Waals surface area contributed by atoms with Crippen LogP contribution in [0.25, 0.3) is 10.2 Å². The number of carbonyl (C=O) groups excluding carboxylic acids is 1. The van der Waals surface area contributed by atoms with Crippen LogP contribution in [0, 0.1) is 0 Å². The summed E-state index contributed by atoms with van der Waals surface area (Å²) in [6.45, 7) is 1.26. The van der Waals surface area contributed by atoms with Crippen LogP contribution in [0.15, 0.2) is 27.6 Å². The van der Waals surface area contributed by atoms with Crippen molar-refractivity contribution in [2.24, 2.45) is 0 Å². The van der Waals surface area contributed by atoms with Gasteiger partial charge in [0, 0.05) is 23.9 Å². The van der Waals surface area contributed by atoms with E-state index in [1.165, 1.54) is 23.1 Å². The van der Waals surface area contributed by atoms with Crippen LogP contribution >= 0.6 is 11.3 Å². The summed E-state index contributed by atoms with van der Waals surface area (Å²) in [6, 6.07) is 3.41. The maximum Gasteiger partial charge on any atom is 0.289 e. The minimum Gasteiger partial charge on any atom is -0.459 e. The maximum absolute atomic E-state index is 12.8. The number of thiophene rings is 1. The molecule has 0 saturated carbocycles. The fourth-order valence-corrected chi connectivity index (χ4v) is 5.58. The van der Waals surface area contributed by atoms with E-state index < -0.39 is 0 Å². The third kappa shape index (κ3) is 2.90. The minimum atomic E-state index is -0.0975. The smallest absolute Gasteiger partial charge is 0.289 e. The van der Waals surface area contributed by atoms with Gasteiger partial charge in [-0.25, -0.2) is 4.98 Å². The van der Waals surface area contributed by atoms with Gasteiger partial charge < -0.3 is 14.3 Å². The van der Waals surface area contributed by atoms with Gasteiger partial charge in [-0.2, -0.15) is 0 Å². The number of H-pyrrole nitrogens is 1. The molecule has 1 aliphatic heterocycles. The predicted molar refractivity (Wildman–Crippen MR) is 103 cm³/mol. The number of piperidine rings is 1. The molecule has 1 atom stereocenters. The second-order valence-corrected chi connectivity index (χ2v) is 8.49. The summed E-state index contributed by atoms with van der Waals surface area (Å²) in [6.07, 6.45) is 7.69. The van der Waals surface area contributed by atoms with Crippen LogP contribution in [0.1, 0.15) is 58.4 Å². The molecule has 1 fully saturated rings. The average Bonchev–Trinajstić information content (AvgIpc) is 3.35. The Morgan fingerprint density at radius 1 is 1.30 bits per heavy atom. The van der Waals surface area contributed by atoms with Crippen molar-refractivity contribution in [1.82, 2.24) is 14.9 Å². The highest BCUT2D eigenvalue weighted by atomic mass is 32.1. The molecule has 140 valence electrons. The molecule has 7 heteroatoms. The summed E-state index contributed by atoms with van der Waals surface area (Å²) in [5, 5.41) is 0.790. The van der Waals surface area contributed by atoms with E-state index in [-0.39, 0.29) is 17.4 Å². The SMILES string of the molecule is O=C(c1ccco1)N1CCC[C@@H](c2nc3sc4c(c3c(=O)[nH]2)CCCC4)C1. The van der Waals surface area contributed by atoms with Crippen LogP contribution in [0.5, 0.6) is 0 Å². The van der Waals surface area contributed by atoms with Gasteiger partial charge in [-0.05, 0) is 56.2 Å². The summed E-state index contributed by atoms with van der Waals surface area (Å²) in [4.78, 5) is 37.2. The van der Waals surface area contributed by atoms with E-state index in [1.807, 2.05) is 0 Å². The van der Waals surface area contributed by atoms with Crippen molar-refractivity contribution in [2.75, 3.05) is 13.1 Å². The van der Waals surface area contributed by atoms with Gasteiger partial charge in [-0.15, -0.1) is 11.3 Å². The Morgan fingerprint density at radius 2 is 2.19 bits per heavy atom. The Balaban J connectivity index is 1.46. The number of amides is 1. The Hall–Kier alpha value is -2.41. The van der Waals surface area contributed by atoms with Gasteiger partial charge in [-0.3, -0.25) is 9.59 Å². The molecule has 0 aromatic carbocycles. The first-order chi connectivity index (χ1) is 13.2. The maximum atomic E-state index is 12.8. The highest BCUT2D eigenvalue weighted by Gasteiger charge is 2.29. The van der Waals surface area contributed by atoms with Crippen molar-refractivity contribution in [3.63, 3.8) is 0 Å². The quantitative estimate of drug-likeness (QED) is 0.735.